The van der Waals surface area contributed by atoms with E-state index in [1.807, 2.05) is 0 Å². The monoisotopic (exact) mass is 295 g/mol. The van der Waals surface area contributed by atoms with E-state index < -0.39 is 34.0 Å². The summed E-state index contributed by atoms with van der Waals surface area (Å²) < 4.78 is 31.1. The largest absolute Gasteiger partial charge is 0.478 e. The Bertz CT molecular complexity index is 712. The minimum atomic E-state index is -1.32. The van der Waals surface area contributed by atoms with E-state index >= 15 is 0 Å². The summed E-state index contributed by atoms with van der Waals surface area (Å²) >= 11 is 0. The summed E-state index contributed by atoms with van der Waals surface area (Å²) in [6.07, 6.45) is 0. The number of carboxylic acids is 1. The Morgan fingerprint density at radius 1 is 1.14 bits per heavy atom. The highest BCUT2D eigenvalue weighted by Crippen LogP contribution is 2.32. The van der Waals surface area contributed by atoms with E-state index in [-0.39, 0.29) is 11.3 Å². The van der Waals surface area contributed by atoms with E-state index in [1.165, 1.54) is 0 Å². The topological polar surface area (TPSA) is 89.7 Å². The van der Waals surface area contributed by atoms with Crippen molar-refractivity contribution in [3.63, 3.8) is 0 Å². The van der Waals surface area contributed by atoms with Crippen LogP contribution in [0.3, 0.4) is 0 Å². The first kappa shape index (κ1) is 14.4. The molecule has 21 heavy (non-hydrogen) atoms. The van der Waals surface area contributed by atoms with Crippen LogP contribution in [0.15, 0.2) is 36.4 Å². The van der Waals surface area contributed by atoms with Gasteiger partial charge in [-0.2, -0.15) is 0 Å². The summed E-state index contributed by atoms with van der Waals surface area (Å²) in [6.45, 7) is 0. The standard InChI is InChI=1S/C13H7F2NO5/c14-8-4-9(15)6-10(5-8)21-12-3-7(13(17)18)1-2-11(12)16(19)20/h1-6H,(H,17,18). The Kier molecular flexibility index (Phi) is 3.79. The minimum Gasteiger partial charge on any atom is -0.478 e. The molecule has 0 unspecified atom stereocenters. The number of benzene rings is 2. The van der Waals surface area contributed by atoms with Gasteiger partial charge in [0.2, 0.25) is 5.75 Å². The molecule has 0 aliphatic carbocycles. The highest BCUT2D eigenvalue weighted by Gasteiger charge is 2.19. The maximum Gasteiger partial charge on any atom is 0.335 e. The Morgan fingerprint density at radius 3 is 2.29 bits per heavy atom. The van der Waals surface area contributed by atoms with E-state index in [2.05, 4.69) is 0 Å². The Balaban J connectivity index is 2.47. The number of carbonyl (C=O) groups is 1. The zero-order valence-electron chi connectivity index (χ0n) is 10.2. The lowest BCUT2D eigenvalue weighted by Crippen LogP contribution is -2.00. The second-order valence-corrected chi connectivity index (χ2v) is 3.95. The smallest absolute Gasteiger partial charge is 0.335 e. The van der Waals surface area contributed by atoms with Crippen molar-refractivity contribution in [3.05, 3.63) is 63.7 Å². The number of hydrogen-bond acceptors (Lipinski definition) is 4. The summed E-state index contributed by atoms with van der Waals surface area (Å²) in [6, 6.07) is 5.12. The van der Waals surface area contributed by atoms with Crippen LogP contribution in [0.1, 0.15) is 10.4 Å². The SMILES string of the molecule is O=C(O)c1ccc([N+](=O)[O-])c(Oc2cc(F)cc(F)c2)c1. The van der Waals surface area contributed by atoms with Crippen LogP contribution in [-0.4, -0.2) is 16.0 Å². The van der Waals surface area contributed by atoms with Gasteiger partial charge in [-0.3, -0.25) is 10.1 Å². The Morgan fingerprint density at radius 2 is 1.76 bits per heavy atom. The van der Waals surface area contributed by atoms with Gasteiger partial charge in [0.15, 0.2) is 0 Å². The number of carboxylic acid groups (broad SMARTS) is 1. The number of hydrogen-bond donors (Lipinski definition) is 1. The Labute approximate surface area is 116 Å². The summed E-state index contributed by atoms with van der Waals surface area (Å²) in [7, 11) is 0. The molecule has 0 saturated carbocycles. The number of rotatable bonds is 4. The maximum atomic E-state index is 13.0. The molecule has 8 heteroatoms. The molecule has 0 bridgehead atoms. The van der Waals surface area contributed by atoms with Crippen LogP contribution < -0.4 is 4.74 Å². The average Bonchev–Trinajstić information content (AvgIpc) is 2.36. The van der Waals surface area contributed by atoms with Gasteiger partial charge >= 0.3 is 11.7 Å². The number of ether oxygens (including phenoxy) is 1. The number of halogens is 2. The molecule has 0 aliphatic rings. The van der Waals surface area contributed by atoms with Crippen LogP contribution in [0.2, 0.25) is 0 Å². The van der Waals surface area contributed by atoms with E-state index in [0.29, 0.717) is 6.07 Å². The lowest BCUT2D eigenvalue weighted by Gasteiger charge is -2.07. The van der Waals surface area contributed by atoms with Gasteiger partial charge < -0.3 is 9.84 Å². The van der Waals surface area contributed by atoms with Crippen molar-refractivity contribution in [2.24, 2.45) is 0 Å². The van der Waals surface area contributed by atoms with Crippen molar-refractivity contribution in [1.29, 1.82) is 0 Å². The molecule has 0 atom stereocenters. The first-order valence-electron chi connectivity index (χ1n) is 5.52. The van der Waals surface area contributed by atoms with Crippen LogP contribution in [0.5, 0.6) is 11.5 Å². The van der Waals surface area contributed by atoms with Crippen molar-refractivity contribution in [2.45, 2.75) is 0 Å². The van der Waals surface area contributed by atoms with Crippen LogP contribution in [0.4, 0.5) is 14.5 Å². The maximum absolute atomic E-state index is 13.0. The van der Waals surface area contributed by atoms with Crippen molar-refractivity contribution >= 4 is 11.7 Å². The molecular formula is C13H7F2NO5. The molecule has 0 fully saturated rings. The zero-order valence-corrected chi connectivity index (χ0v) is 10.2. The van der Waals surface area contributed by atoms with Crippen LogP contribution in [0.25, 0.3) is 0 Å². The zero-order chi connectivity index (χ0) is 15.6. The summed E-state index contributed by atoms with van der Waals surface area (Å²) in [5.41, 5.74) is -0.780. The second-order valence-electron chi connectivity index (χ2n) is 3.95. The first-order valence-corrected chi connectivity index (χ1v) is 5.52. The van der Waals surface area contributed by atoms with Crippen molar-refractivity contribution < 1.29 is 28.3 Å². The van der Waals surface area contributed by atoms with Crippen LogP contribution >= 0.6 is 0 Å². The molecule has 0 heterocycles. The Hall–Kier alpha value is -3.03. The highest BCUT2D eigenvalue weighted by molar-refractivity contribution is 5.88. The number of nitrogens with zero attached hydrogens (tertiary/aromatic N) is 1. The average molecular weight is 295 g/mol. The molecule has 108 valence electrons. The molecule has 6 nitrogen and oxygen atoms in total. The van der Waals surface area contributed by atoms with Crippen molar-refractivity contribution in [1.82, 2.24) is 0 Å². The molecule has 0 saturated heterocycles. The third-order valence-corrected chi connectivity index (χ3v) is 2.47. The lowest BCUT2D eigenvalue weighted by atomic mass is 10.2. The summed E-state index contributed by atoms with van der Waals surface area (Å²) in [5, 5.41) is 19.7. The van der Waals surface area contributed by atoms with Gasteiger partial charge in [-0.1, -0.05) is 0 Å². The van der Waals surface area contributed by atoms with Gasteiger partial charge in [-0.25, -0.2) is 13.6 Å². The minimum absolute atomic E-state index is 0.257. The quantitative estimate of drug-likeness (QED) is 0.690. The van der Waals surface area contributed by atoms with Crippen molar-refractivity contribution in [3.8, 4) is 11.5 Å². The van der Waals surface area contributed by atoms with Crippen LogP contribution in [-0.2, 0) is 0 Å². The fourth-order valence-corrected chi connectivity index (χ4v) is 1.59. The molecule has 0 aromatic heterocycles. The van der Waals surface area contributed by atoms with Gasteiger partial charge in [-0.15, -0.1) is 0 Å². The lowest BCUT2D eigenvalue weighted by molar-refractivity contribution is -0.385. The van der Waals surface area contributed by atoms with E-state index in [0.717, 1.165) is 30.3 Å². The molecular weight excluding hydrogens is 288 g/mol. The third kappa shape index (κ3) is 3.30. The number of nitro groups is 1. The van der Waals surface area contributed by atoms with Gasteiger partial charge in [0.05, 0.1) is 10.5 Å². The summed E-state index contributed by atoms with van der Waals surface area (Å²) in [5.74, 6) is -3.92. The predicted octanol–water partition coefficient (Wildman–Crippen LogP) is 3.36. The molecule has 2 aromatic carbocycles. The molecule has 0 radical (unpaired) electrons. The summed E-state index contributed by atoms with van der Waals surface area (Å²) in [4.78, 5) is 20.9. The fraction of sp³-hybridized carbons (Fsp3) is 0. The second kappa shape index (κ2) is 5.53. The fourth-order valence-electron chi connectivity index (χ4n) is 1.59. The van der Waals surface area contributed by atoms with Crippen molar-refractivity contribution in [2.75, 3.05) is 0 Å². The third-order valence-electron chi connectivity index (χ3n) is 2.47. The van der Waals surface area contributed by atoms with Gasteiger partial charge in [0.25, 0.3) is 0 Å². The van der Waals surface area contributed by atoms with Crippen LogP contribution in [0, 0.1) is 21.7 Å². The number of nitro benzene ring substituents is 1. The normalized spacial score (nSPS) is 10.2. The molecule has 2 rings (SSSR count). The number of aromatic carboxylic acids is 1. The molecule has 0 spiro atoms. The van der Waals surface area contributed by atoms with Gasteiger partial charge in [0, 0.05) is 30.3 Å². The van der Waals surface area contributed by atoms with E-state index in [4.69, 9.17) is 9.84 Å². The molecule has 1 N–H and O–H groups in total. The molecule has 0 aliphatic heterocycles. The first-order chi connectivity index (χ1) is 9.86. The van der Waals surface area contributed by atoms with E-state index in [9.17, 15) is 23.7 Å². The molecule has 0 amide bonds. The molecule has 2 aromatic rings. The van der Waals surface area contributed by atoms with Gasteiger partial charge in [0.1, 0.15) is 17.4 Å². The predicted molar refractivity (Wildman–Crippen MR) is 66.5 cm³/mol. The van der Waals surface area contributed by atoms with Gasteiger partial charge in [-0.05, 0) is 6.07 Å². The highest BCUT2D eigenvalue weighted by atomic mass is 19.1. The van der Waals surface area contributed by atoms with E-state index in [1.54, 1.807) is 0 Å².